The van der Waals surface area contributed by atoms with Gasteiger partial charge in [-0.05, 0) is 57.9 Å². The SMILES string of the molecule is Cc1cccc(C)c1NC(=O)[C@@H](C)OC(=O)c1ccccc1OCc1c(C)noc1C. The molecule has 1 amide bonds. The van der Waals surface area contributed by atoms with Gasteiger partial charge >= 0.3 is 5.97 Å². The zero-order chi connectivity index (χ0) is 22.5. The van der Waals surface area contributed by atoms with Gasteiger partial charge in [0.1, 0.15) is 23.7 Å². The number of hydrogen-bond donors (Lipinski definition) is 1. The van der Waals surface area contributed by atoms with Gasteiger partial charge in [0, 0.05) is 5.69 Å². The maximum absolute atomic E-state index is 12.7. The Bertz CT molecular complexity index is 1060. The summed E-state index contributed by atoms with van der Waals surface area (Å²) in [6, 6.07) is 12.5. The van der Waals surface area contributed by atoms with E-state index in [-0.39, 0.29) is 12.2 Å². The van der Waals surface area contributed by atoms with Crippen molar-refractivity contribution in [2.75, 3.05) is 5.32 Å². The highest BCUT2D eigenvalue weighted by molar-refractivity contribution is 5.99. The number of rotatable bonds is 7. The van der Waals surface area contributed by atoms with Gasteiger partial charge in [-0.25, -0.2) is 4.79 Å². The smallest absolute Gasteiger partial charge is 0.342 e. The fraction of sp³-hybridized carbons (Fsp3) is 0.292. The van der Waals surface area contributed by atoms with Gasteiger partial charge in [-0.15, -0.1) is 0 Å². The molecule has 1 N–H and O–H groups in total. The lowest BCUT2D eigenvalue weighted by molar-refractivity contribution is -0.123. The second kappa shape index (κ2) is 9.47. The molecule has 0 spiro atoms. The van der Waals surface area contributed by atoms with E-state index in [0.717, 1.165) is 28.1 Å². The van der Waals surface area contributed by atoms with Crippen LogP contribution in [0.4, 0.5) is 5.69 Å². The van der Waals surface area contributed by atoms with Crippen molar-refractivity contribution in [1.82, 2.24) is 5.16 Å². The van der Waals surface area contributed by atoms with E-state index in [1.54, 1.807) is 31.2 Å². The molecule has 0 aliphatic heterocycles. The molecular weight excluding hydrogens is 396 g/mol. The average molecular weight is 422 g/mol. The van der Waals surface area contributed by atoms with Gasteiger partial charge in [0.25, 0.3) is 5.91 Å². The molecule has 7 heteroatoms. The Morgan fingerprint density at radius 2 is 1.71 bits per heavy atom. The van der Waals surface area contributed by atoms with Crippen molar-refractivity contribution in [3.63, 3.8) is 0 Å². The van der Waals surface area contributed by atoms with E-state index < -0.39 is 18.0 Å². The minimum Gasteiger partial charge on any atom is -0.488 e. The van der Waals surface area contributed by atoms with E-state index in [4.69, 9.17) is 14.0 Å². The second-order valence-corrected chi connectivity index (χ2v) is 7.39. The van der Waals surface area contributed by atoms with Gasteiger partial charge in [0.15, 0.2) is 6.10 Å². The predicted octanol–water partition coefficient (Wildman–Crippen LogP) is 4.67. The van der Waals surface area contributed by atoms with E-state index in [0.29, 0.717) is 11.5 Å². The third-order valence-electron chi connectivity index (χ3n) is 5.04. The highest BCUT2D eigenvalue weighted by atomic mass is 16.5. The number of benzene rings is 2. The zero-order valence-electron chi connectivity index (χ0n) is 18.3. The number of ether oxygens (including phenoxy) is 2. The summed E-state index contributed by atoms with van der Waals surface area (Å²) in [5, 5.41) is 6.74. The van der Waals surface area contributed by atoms with Crippen molar-refractivity contribution in [3.05, 3.63) is 76.2 Å². The molecule has 31 heavy (non-hydrogen) atoms. The molecule has 7 nitrogen and oxygen atoms in total. The van der Waals surface area contributed by atoms with E-state index in [1.165, 1.54) is 6.92 Å². The number of carbonyl (C=O) groups excluding carboxylic acids is 2. The number of anilines is 1. The Hall–Kier alpha value is -3.61. The second-order valence-electron chi connectivity index (χ2n) is 7.39. The lowest BCUT2D eigenvalue weighted by Crippen LogP contribution is -2.30. The van der Waals surface area contributed by atoms with Crippen LogP contribution in [0.5, 0.6) is 5.75 Å². The first kappa shape index (κ1) is 22.1. The monoisotopic (exact) mass is 422 g/mol. The molecule has 3 rings (SSSR count). The Balaban J connectivity index is 1.68. The number of esters is 1. The topological polar surface area (TPSA) is 90.7 Å². The standard InChI is InChI=1S/C24H26N2O5/c1-14-9-8-10-15(2)22(14)25-23(27)18(5)30-24(28)19-11-6-7-12-21(19)29-13-20-16(3)26-31-17(20)4/h6-12,18H,13H2,1-5H3,(H,25,27)/t18-/m1/s1. The summed E-state index contributed by atoms with van der Waals surface area (Å²) in [5.41, 5.74) is 4.38. The molecule has 162 valence electrons. The van der Waals surface area contributed by atoms with Gasteiger partial charge in [0.2, 0.25) is 0 Å². The van der Waals surface area contributed by atoms with Crippen LogP contribution in [0, 0.1) is 27.7 Å². The number of nitrogens with zero attached hydrogens (tertiary/aromatic N) is 1. The van der Waals surface area contributed by atoms with Crippen molar-refractivity contribution in [1.29, 1.82) is 0 Å². The molecule has 0 unspecified atom stereocenters. The number of hydrogen-bond acceptors (Lipinski definition) is 6. The zero-order valence-corrected chi connectivity index (χ0v) is 18.3. The van der Waals surface area contributed by atoms with Crippen molar-refractivity contribution in [3.8, 4) is 5.75 Å². The third kappa shape index (κ3) is 5.12. The van der Waals surface area contributed by atoms with Crippen LogP contribution in [-0.2, 0) is 16.1 Å². The largest absolute Gasteiger partial charge is 0.488 e. The minimum atomic E-state index is -0.984. The summed E-state index contributed by atoms with van der Waals surface area (Å²) in [5.74, 6) is -0.0254. The van der Waals surface area contributed by atoms with Crippen LogP contribution in [-0.4, -0.2) is 23.1 Å². The number of aromatic nitrogens is 1. The quantitative estimate of drug-likeness (QED) is 0.557. The fourth-order valence-electron chi connectivity index (χ4n) is 3.13. The Morgan fingerprint density at radius 3 is 2.35 bits per heavy atom. The van der Waals surface area contributed by atoms with Crippen molar-refractivity contribution < 1.29 is 23.6 Å². The Labute approximate surface area is 181 Å². The van der Waals surface area contributed by atoms with Crippen LogP contribution in [0.3, 0.4) is 0 Å². The van der Waals surface area contributed by atoms with E-state index in [1.807, 2.05) is 39.0 Å². The van der Waals surface area contributed by atoms with Crippen LogP contribution in [0.1, 0.15) is 45.4 Å². The first-order valence-corrected chi connectivity index (χ1v) is 9.99. The highest BCUT2D eigenvalue weighted by Gasteiger charge is 2.22. The first-order valence-electron chi connectivity index (χ1n) is 9.99. The van der Waals surface area contributed by atoms with Crippen LogP contribution in [0.2, 0.25) is 0 Å². The molecule has 0 saturated heterocycles. The first-order chi connectivity index (χ1) is 14.8. The molecule has 0 saturated carbocycles. The van der Waals surface area contributed by atoms with E-state index >= 15 is 0 Å². The van der Waals surface area contributed by atoms with Gasteiger partial charge in [-0.1, -0.05) is 35.5 Å². The van der Waals surface area contributed by atoms with Crippen LogP contribution in [0.25, 0.3) is 0 Å². The molecule has 0 fully saturated rings. The van der Waals surface area contributed by atoms with E-state index in [2.05, 4.69) is 10.5 Å². The molecule has 3 aromatic rings. The third-order valence-corrected chi connectivity index (χ3v) is 5.04. The molecule has 2 aromatic carbocycles. The molecule has 0 aliphatic carbocycles. The number of para-hydroxylation sites is 2. The maximum Gasteiger partial charge on any atom is 0.342 e. The number of aryl methyl sites for hydroxylation is 4. The maximum atomic E-state index is 12.7. The van der Waals surface area contributed by atoms with Crippen LogP contribution >= 0.6 is 0 Å². The molecule has 1 atom stereocenters. The van der Waals surface area contributed by atoms with Crippen LogP contribution in [0.15, 0.2) is 47.0 Å². The summed E-state index contributed by atoms with van der Waals surface area (Å²) in [7, 11) is 0. The van der Waals surface area contributed by atoms with Gasteiger partial charge in [-0.2, -0.15) is 0 Å². The van der Waals surface area contributed by atoms with E-state index in [9.17, 15) is 9.59 Å². The summed E-state index contributed by atoms with van der Waals surface area (Å²) >= 11 is 0. The fourth-order valence-corrected chi connectivity index (χ4v) is 3.13. The lowest BCUT2D eigenvalue weighted by atomic mass is 10.1. The lowest BCUT2D eigenvalue weighted by Gasteiger charge is -2.17. The number of nitrogens with one attached hydrogen (secondary N) is 1. The summed E-state index contributed by atoms with van der Waals surface area (Å²) in [6.45, 7) is 9.18. The molecule has 0 bridgehead atoms. The van der Waals surface area contributed by atoms with Crippen molar-refractivity contribution in [2.24, 2.45) is 0 Å². The highest BCUT2D eigenvalue weighted by Crippen LogP contribution is 2.23. The summed E-state index contributed by atoms with van der Waals surface area (Å²) in [6.07, 6.45) is -0.984. The Kier molecular flexibility index (Phi) is 6.74. The predicted molar refractivity (Wildman–Crippen MR) is 116 cm³/mol. The summed E-state index contributed by atoms with van der Waals surface area (Å²) < 4.78 is 16.4. The molecular formula is C24H26N2O5. The number of carbonyl (C=O) groups is 2. The van der Waals surface area contributed by atoms with Gasteiger partial charge in [0.05, 0.1) is 11.3 Å². The van der Waals surface area contributed by atoms with Crippen molar-refractivity contribution >= 4 is 17.6 Å². The van der Waals surface area contributed by atoms with Gasteiger partial charge < -0.3 is 19.3 Å². The Morgan fingerprint density at radius 1 is 1.03 bits per heavy atom. The van der Waals surface area contributed by atoms with Crippen molar-refractivity contribution in [2.45, 2.75) is 47.3 Å². The number of amides is 1. The average Bonchev–Trinajstić information content (AvgIpc) is 3.06. The molecule has 0 aliphatic rings. The molecule has 1 heterocycles. The van der Waals surface area contributed by atoms with Crippen LogP contribution < -0.4 is 10.1 Å². The summed E-state index contributed by atoms with van der Waals surface area (Å²) in [4.78, 5) is 25.3. The normalized spacial score (nSPS) is 11.6. The minimum absolute atomic E-state index is 0.202. The molecule has 0 radical (unpaired) electrons. The molecule has 1 aromatic heterocycles. The van der Waals surface area contributed by atoms with Gasteiger partial charge in [-0.3, -0.25) is 4.79 Å².